The molecule has 0 fully saturated rings. The van der Waals surface area contributed by atoms with Crippen LogP contribution in [0.4, 0.5) is 11.5 Å². The van der Waals surface area contributed by atoms with E-state index in [4.69, 9.17) is 4.74 Å². The van der Waals surface area contributed by atoms with Crippen LogP contribution in [0.15, 0.2) is 12.1 Å². The molecule has 0 radical (unpaired) electrons. The summed E-state index contributed by atoms with van der Waals surface area (Å²) >= 11 is 0. The lowest BCUT2D eigenvalue weighted by Gasteiger charge is -2.28. The molecule has 0 amide bonds. The first-order chi connectivity index (χ1) is 9.01. The van der Waals surface area contributed by atoms with E-state index < -0.39 is 30.3 Å². The van der Waals surface area contributed by atoms with Crippen molar-refractivity contribution in [2.75, 3.05) is 32.2 Å². The van der Waals surface area contributed by atoms with Crippen molar-refractivity contribution in [1.82, 2.24) is 4.98 Å². The Morgan fingerprint density at radius 3 is 2.37 bits per heavy atom. The summed E-state index contributed by atoms with van der Waals surface area (Å²) in [5, 5.41) is 40.9. The van der Waals surface area contributed by atoms with Gasteiger partial charge in [0.25, 0.3) is 0 Å². The molecule has 9 nitrogen and oxygen atoms in total. The third kappa shape index (κ3) is 3.28. The van der Waals surface area contributed by atoms with Crippen molar-refractivity contribution in [3.05, 3.63) is 22.2 Å². The first-order valence-corrected chi connectivity index (χ1v) is 5.32. The van der Waals surface area contributed by atoms with Crippen LogP contribution in [0, 0.1) is 10.1 Å². The number of hydrogen-bond donors (Lipinski definition) is 4. The highest BCUT2D eigenvalue weighted by atomic mass is 16.6. The Balaban J connectivity index is 3.19. The summed E-state index contributed by atoms with van der Waals surface area (Å²) in [4.78, 5) is 14.0. The van der Waals surface area contributed by atoms with Crippen LogP contribution in [0.1, 0.15) is 0 Å². The lowest BCUT2D eigenvalue weighted by atomic mass is 10.0. The standard InChI is InChI=1S/C10H15N3O6/c1-19-8-3-2-7(13(17)18)9(11-8)12-10(4-14,5-15)6-16/h2-3,14-16H,4-6H2,1H3,(H,11,12). The van der Waals surface area contributed by atoms with Crippen LogP contribution in [0.3, 0.4) is 0 Å². The Morgan fingerprint density at radius 2 is 1.95 bits per heavy atom. The van der Waals surface area contributed by atoms with Crippen LogP contribution in [-0.4, -0.2) is 57.7 Å². The average Bonchev–Trinajstić information content (AvgIpc) is 2.44. The van der Waals surface area contributed by atoms with E-state index in [-0.39, 0.29) is 17.4 Å². The SMILES string of the molecule is COc1ccc([N+](=O)[O-])c(NC(CO)(CO)CO)n1. The molecule has 0 aliphatic carbocycles. The van der Waals surface area contributed by atoms with Crippen molar-refractivity contribution >= 4 is 11.5 Å². The third-order valence-electron chi connectivity index (χ3n) is 2.55. The fourth-order valence-electron chi connectivity index (χ4n) is 1.31. The molecule has 0 spiro atoms. The summed E-state index contributed by atoms with van der Waals surface area (Å²) in [6.45, 7) is -1.89. The summed E-state index contributed by atoms with van der Waals surface area (Å²) in [5.41, 5.74) is -1.87. The van der Waals surface area contributed by atoms with Crippen molar-refractivity contribution in [2.24, 2.45) is 0 Å². The molecule has 0 aliphatic heterocycles. The molecule has 0 unspecified atom stereocenters. The largest absolute Gasteiger partial charge is 0.481 e. The number of anilines is 1. The van der Waals surface area contributed by atoms with Gasteiger partial charge in [-0.3, -0.25) is 10.1 Å². The maximum atomic E-state index is 10.9. The number of nitrogens with zero attached hydrogens (tertiary/aromatic N) is 2. The van der Waals surface area contributed by atoms with Gasteiger partial charge in [-0.15, -0.1) is 0 Å². The normalized spacial score (nSPS) is 11.2. The van der Waals surface area contributed by atoms with Crippen LogP contribution in [0.25, 0.3) is 0 Å². The number of aromatic nitrogens is 1. The number of aliphatic hydroxyl groups is 3. The van der Waals surface area contributed by atoms with Gasteiger partial charge in [0.05, 0.1) is 31.9 Å². The molecule has 1 rings (SSSR count). The predicted molar refractivity (Wildman–Crippen MR) is 65.1 cm³/mol. The number of hydrogen-bond acceptors (Lipinski definition) is 8. The van der Waals surface area contributed by atoms with E-state index in [9.17, 15) is 25.4 Å². The minimum absolute atomic E-state index is 0.121. The molecular weight excluding hydrogens is 258 g/mol. The van der Waals surface area contributed by atoms with E-state index >= 15 is 0 Å². The van der Waals surface area contributed by atoms with Gasteiger partial charge in [-0.1, -0.05) is 0 Å². The average molecular weight is 273 g/mol. The number of nitro groups is 1. The molecule has 0 saturated heterocycles. The highest BCUT2D eigenvalue weighted by Gasteiger charge is 2.31. The Kier molecular flexibility index (Phi) is 4.98. The van der Waals surface area contributed by atoms with Gasteiger partial charge in [-0.2, -0.15) is 4.98 Å². The van der Waals surface area contributed by atoms with Crippen molar-refractivity contribution in [1.29, 1.82) is 0 Å². The number of aliphatic hydroxyl groups excluding tert-OH is 3. The molecule has 0 bridgehead atoms. The Morgan fingerprint density at radius 1 is 1.37 bits per heavy atom. The summed E-state index contributed by atoms with van der Waals surface area (Å²) in [6.07, 6.45) is 0. The number of methoxy groups -OCH3 is 1. The zero-order chi connectivity index (χ0) is 14.5. The molecule has 0 aliphatic rings. The molecule has 1 heterocycles. The van der Waals surface area contributed by atoms with Gasteiger partial charge in [-0.05, 0) is 0 Å². The molecule has 9 heteroatoms. The summed E-state index contributed by atoms with van der Waals surface area (Å²) in [6, 6.07) is 2.48. The molecule has 106 valence electrons. The first kappa shape index (κ1) is 15.1. The number of pyridine rings is 1. The van der Waals surface area contributed by atoms with Gasteiger partial charge in [0, 0.05) is 12.1 Å². The highest BCUT2D eigenvalue weighted by molar-refractivity contribution is 5.58. The fourth-order valence-corrected chi connectivity index (χ4v) is 1.31. The zero-order valence-electron chi connectivity index (χ0n) is 10.2. The molecule has 0 saturated carbocycles. The van der Waals surface area contributed by atoms with Gasteiger partial charge in [0.1, 0.15) is 5.54 Å². The van der Waals surface area contributed by atoms with E-state index in [1.54, 1.807) is 0 Å². The van der Waals surface area contributed by atoms with E-state index in [1.165, 1.54) is 19.2 Å². The van der Waals surface area contributed by atoms with Crippen LogP contribution < -0.4 is 10.1 Å². The van der Waals surface area contributed by atoms with E-state index in [1.807, 2.05) is 0 Å². The molecule has 0 atom stereocenters. The van der Waals surface area contributed by atoms with Gasteiger partial charge >= 0.3 is 5.69 Å². The maximum absolute atomic E-state index is 10.9. The molecule has 4 N–H and O–H groups in total. The van der Waals surface area contributed by atoms with Crippen LogP contribution in [0.2, 0.25) is 0 Å². The van der Waals surface area contributed by atoms with Crippen LogP contribution in [-0.2, 0) is 0 Å². The molecule has 0 aromatic carbocycles. The Hall–Kier alpha value is -1.97. The third-order valence-corrected chi connectivity index (χ3v) is 2.55. The van der Waals surface area contributed by atoms with Gasteiger partial charge in [-0.25, -0.2) is 0 Å². The summed E-state index contributed by atoms with van der Waals surface area (Å²) in [5.74, 6) is -0.0858. The second kappa shape index (κ2) is 6.27. The van der Waals surface area contributed by atoms with Crippen molar-refractivity contribution < 1.29 is 25.0 Å². The number of ether oxygens (including phenoxy) is 1. The topological polar surface area (TPSA) is 138 Å². The van der Waals surface area contributed by atoms with E-state index in [2.05, 4.69) is 10.3 Å². The van der Waals surface area contributed by atoms with Gasteiger partial charge < -0.3 is 25.4 Å². The van der Waals surface area contributed by atoms with Crippen molar-refractivity contribution in [3.8, 4) is 5.88 Å². The maximum Gasteiger partial charge on any atom is 0.311 e. The van der Waals surface area contributed by atoms with E-state index in [0.29, 0.717) is 0 Å². The number of nitrogens with one attached hydrogen (secondary N) is 1. The van der Waals surface area contributed by atoms with Crippen LogP contribution >= 0.6 is 0 Å². The lowest BCUT2D eigenvalue weighted by Crippen LogP contribution is -2.49. The van der Waals surface area contributed by atoms with Crippen molar-refractivity contribution in [3.63, 3.8) is 0 Å². The molecular formula is C10H15N3O6. The first-order valence-electron chi connectivity index (χ1n) is 5.32. The predicted octanol–water partition coefficient (Wildman–Crippen LogP) is -0.874. The second-order valence-corrected chi connectivity index (χ2v) is 3.86. The molecule has 1 aromatic rings. The van der Waals surface area contributed by atoms with E-state index in [0.717, 1.165) is 0 Å². The quantitative estimate of drug-likeness (QED) is 0.371. The molecule has 1 aromatic heterocycles. The van der Waals surface area contributed by atoms with Crippen molar-refractivity contribution in [2.45, 2.75) is 5.54 Å². The Labute approximate surface area is 108 Å². The van der Waals surface area contributed by atoms with Gasteiger partial charge in [0.15, 0.2) is 0 Å². The van der Waals surface area contributed by atoms with Gasteiger partial charge in [0.2, 0.25) is 11.7 Å². The summed E-state index contributed by atoms with van der Waals surface area (Å²) < 4.78 is 4.84. The second-order valence-electron chi connectivity index (χ2n) is 3.86. The smallest absolute Gasteiger partial charge is 0.311 e. The summed E-state index contributed by atoms with van der Waals surface area (Å²) in [7, 11) is 1.34. The lowest BCUT2D eigenvalue weighted by molar-refractivity contribution is -0.384. The minimum atomic E-state index is -1.51. The Bertz CT molecular complexity index is 441. The minimum Gasteiger partial charge on any atom is -0.481 e. The number of rotatable bonds is 7. The monoisotopic (exact) mass is 273 g/mol. The highest BCUT2D eigenvalue weighted by Crippen LogP contribution is 2.27. The zero-order valence-corrected chi connectivity index (χ0v) is 10.2. The fraction of sp³-hybridized carbons (Fsp3) is 0.500. The van der Waals surface area contributed by atoms with Crippen LogP contribution in [0.5, 0.6) is 5.88 Å². The molecule has 19 heavy (non-hydrogen) atoms.